The lowest BCUT2D eigenvalue weighted by Crippen LogP contribution is -2.05. The summed E-state index contributed by atoms with van der Waals surface area (Å²) in [4.78, 5) is 0. The van der Waals surface area contributed by atoms with Gasteiger partial charge in [0, 0.05) is 11.5 Å². The van der Waals surface area contributed by atoms with Gasteiger partial charge in [-0.2, -0.15) is 0 Å². The molecule has 2 rings (SSSR count). The predicted molar refractivity (Wildman–Crippen MR) is 43.8 cm³/mol. The molecule has 3 heteroatoms. The molecule has 1 atom stereocenters. The van der Waals surface area contributed by atoms with Gasteiger partial charge in [-0.3, -0.25) is 0 Å². The van der Waals surface area contributed by atoms with Gasteiger partial charge in [-0.25, -0.2) is 0 Å². The third-order valence-corrected chi connectivity index (χ3v) is 2.56. The maximum atomic E-state index is 8.95. The van der Waals surface area contributed by atoms with E-state index in [1.165, 1.54) is 12.8 Å². The zero-order valence-corrected chi connectivity index (χ0v) is 7.21. The number of rotatable bonds is 1. The standard InChI is InChI=1S/C9H13NO2/c1-6-3-2-4-7-8(5-11)10-12-9(6)7/h6,11H,2-5H2,1H3. The van der Waals surface area contributed by atoms with Crippen LogP contribution in [0.25, 0.3) is 0 Å². The Morgan fingerprint density at radius 1 is 1.67 bits per heavy atom. The van der Waals surface area contributed by atoms with E-state index in [0.717, 1.165) is 23.4 Å². The molecule has 0 radical (unpaired) electrons. The van der Waals surface area contributed by atoms with Crippen molar-refractivity contribution in [3.63, 3.8) is 0 Å². The first-order chi connectivity index (χ1) is 5.83. The van der Waals surface area contributed by atoms with Crippen molar-refractivity contribution in [3.05, 3.63) is 17.0 Å². The second-order valence-electron chi connectivity index (χ2n) is 3.42. The first-order valence-corrected chi connectivity index (χ1v) is 4.41. The van der Waals surface area contributed by atoms with Crippen LogP contribution >= 0.6 is 0 Å². The number of aromatic nitrogens is 1. The van der Waals surface area contributed by atoms with E-state index in [0.29, 0.717) is 5.92 Å². The molecule has 0 aliphatic heterocycles. The fraction of sp³-hybridized carbons (Fsp3) is 0.667. The van der Waals surface area contributed by atoms with Crippen molar-refractivity contribution in [2.24, 2.45) is 0 Å². The SMILES string of the molecule is CC1CCCc2c(CO)noc21. The second-order valence-corrected chi connectivity index (χ2v) is 3.42. The maximum Gasteiger partial charge on any atom is 0.143 e. The van der Waals surface area contributed by atoms with Gasteiger partial charge in [-0.1, -0.05) is 12.1 Å². The van der Waals surface area contributed by atoms with Gasteiger partial charge in [0.15, 0.2) is 0 Å². The van der Waals surface area contributed by atoms with Crippen LogP contribution in [-0.2, 0) is 13.0 Å². The minimum atomic E-state index is 0.00551. The Bertz CT molecular complexity index is 280. The fourth-order valence-corrected chi connectivity index (χ4v) is 1.85. The van der Waals surface area contributed by atoms with Gasteiger partial charge >= 0.3 is 0 Å². The molecule has 0 bridgehead atoms. The second kappa shape index (κ2) is 2.90. The van der Waals surface area contributed by atoms with E-state index in [-0.39, 0.29) is 6.61 Å². The molecule has 1 aliphatic carbocycles. The Hall–Kier alpha value is -0.830. The highest BCUT2D eigenvalue weighted by molar-refractivity contribution is 5.27. The molecule has 0 fully saturated rings. The van der Waals surface area contributed by atoms with Crippen LogP contribution in [0.1, 0.15) is 42.7 Å². The molecule has 1 aliphatic rings. The van der Waals surface area contributed by atoms with Crippen LogP contribution in [0.2, 0.25) is 0 Å². The van der Waals surface area contributed by atoms with E-state index in [2.05, 4.69) is 12.1 Å². The van der Waals surface area contributed by atoms with Gasteiger partial charge in [0.05, 0.1) is 6.61 Å². The lowest BCUT2D eigenvalue weighted by Gasteiger charge is -2.15. The normalized spacial score (nSPS) is 22.3. The summed E-state index contributed by atoms with van der Waals surface area (Å²) in [6.45, 7) is 2.15. The highest BCUT2D eigenvalue weighted by Gasteiger charge is 2.24. The van der Waals surface area contributed by atoms with Crippen molar-refractivity contribution < 1.29 is 9.63 Å². The number of aliphatic hydroxyl groups is 1. The quantitative estimate of drug-likeness (QED) is 0.691. The van der Waals surface area contributed by atoms with Crippen LogP contribution in [0.5, 0.6) is 0 Å². The van der Waals surface area contributed by atoms with Crippen LogP contribution in [0, 0.1) is 0 Å². The van der Waals surface area contributed by atoms with Crippen molar-refractivity contribution in [1.82, 2.24) is 5.16 Å². The summed E-state index contributed by atoms with van der Waals surface area (Å²) < 4.78 is 5.18. The molecular formula is C9H13NO2. The molecule has 1 N–H and O–H groups in total. The highest BCUT2D eigenvalue weighted by atomic mass is 16.5. The molecule has 1 unspecified atom stereocenters. The van der Waals surface area contributed by atoms with E-state index in [1.54, 1.807) is 0 Å². The van der Waals surface area contributed by atoms with Gasteiger partial charge in [-0.15, -0.1) is 0 Å². The molecule has 66 valence electrons. The monoisotopic (exact) mass is 167 g/mol. The van der Waals surface area contributed by atoms with Crippen molar-refractivity contribution >= 4 is 0 Å². The third-order valence-electron chi connectivity index (χ3n) is 2.56. The molecule has 0 saturated carbocycles. The largest absolute Gasteiger partial charge is 0.390 e. The summed E-state index contributed by atoms with van der Waals surface area (Å²) in [5, 5.41) is 12.8. The lowest BCUT2D eigenvalue weighted by molar-refractivity contribution is 0.264. The average Bonchev–Trinajstić information content (AvgIpc) is 2.49. The van der Waals surface area contributed by atoms with Crippen LogP contribution in [-0.4, -0.2) is 10.3 Å². The highest BCUT2D eigenvalue weighted by Crippen LogP contribution is 2.32. The smallest absolute Gasteiger partial charge is 0.143 e. The molecule has 0 saturated heterocycles. The van der Waals surface area contributed by atoms with Gasteiger partial charge in [-0.05, 0) is 19.3 Å². The molecule has 1 heterocycles. The van der Waals surface area contributed by atoms with E-state index in [9.17, 15) is 0 Å². The van der Waals surface area contributed by atoms with Gasteiger partial charge in [0.2, 0.25) is 0 Å². The number of hydrogen-bond donors (Lipinski definition) is 1. The Morgan fingerprint density at radius 3 is 3.25 bits per heavy atom. The van der Waals surface area contributed by atoms with E-state index >= 15 is 0 Å². The Morgan fingerprint density at radius 2 is 2.50 bits per heavy atom. The third kappa shape index (κ3) is 1.05. The van der Waals surface area contributed by atoms with E-state index in [1.807, 2.05) is 0 Å². The summed E-state index contributed by atoms with van der Waals surface area (Å²) in [6.07, 6.45) is 3.37. The minimum Gasteiger partial charge on any atom is -0.390 e. The first kappa shape index (κ1) is 7.80. The van der Waals surface area contributed by atoms with Gasteiger partial charge < -0.3 is 9.63 Å². The zero-order valence-electron chi connectivity index (χ0n) is 7.21. The van der Waals surface area contributed by atoms with Crippen molar-refractivity contribution in [2.45, 2.75) is 38.7 Å². The topological polar surface area (TPSA) is 46.3 Å². The Kier molecular flexibility index (Phi) is 1.89. The fourth-order valence-electron chi connectivity index (χ4n) is 1.85. The summed E-state index contributed by atoms with van der Waals surface area (Å²) in [7, 11) is 0. The van der Waals surface area contributed by atoms with Crippen LogP contribution in [0.15, 0.2) is 4.52 Å². The van der Waals surface area contributed by atoms with Crippen molar-refractivity contribution in [3.8, 4) is 0 Å². The molecule has 1 aromatic heterocycles. The molecule has 0 amide bonds. The van der Waals surface area contributed by atoms with Crippen LogP contribution in [0.4, 0.5) is 0 Å². The molecule has 0 spiro atoms. The van der Waals surface area contributed by atoms with E-state index < -0.39 is 0 Å². The van der Waals surface area contributed by atoms with Crippen molar-refractivity contribution in [1.29, 1.82) is 0 Å². The molecule has 1 aromatic rings. The zero-order chi connectivity index (χ0) is 8.55. The summed E-state index contributed by atoms with van der Waals surface area (Å²) >= 11 is 0. The molecule has 0 aromatic carbocycles. The summed E-state index contributed by atoms with van der Waals surface area (Å²) in [6, 6.07) is 0. The van der Waals surface area contributed by atoms with Crippen LogP contribution in [0.3, 0.4) is 0 Å². The predicted octanol–water partition coefficient (Wildman–Crippen LogP) is 1.61. The van der Waals surface area contributed by atoms with Gasteiger partial charge in [0.25, 0.3) is 0 Å². The van der Waals surface area contributed by atoms with Gasteiger partial charge in [0.1, 0.15) is 11.5 Å². The lowest BCUT2D eigenvalue weighted by atomic mass is 9.89. The average molecular weight is 167 g/mol. The Labute approximate surface area is 71.4 Å². The van der Waals surface area contributed by atoms with Crippen LogP contribution < -0.4 is 0 Å². The molecule has 3 nitrogen and oxygen atoms in total. The van der Waals surface area contributed by atoms with Crippen molar-refractivity contribution in [2.75, 3.05) is 0 Å². The maximum absolute atomic E-state index is 8.95. The summed E-state index contributed by atoms with van der Waals surface area (Å²) in [5.41, 5.74) is 1.88. The number of hydrogen-bond acceptors (Lipinski definition) is 3. The Balaban J connectivity index is 2.41. The first-order valence-electron chi connectivity index (χ1n) is 4.41. The number of nitrogens with zero attached hydrogens (tertiary/aromatic N) is 1. The minimum absolute atomic E-state index is 0.00551. The number of fused-ring (bicyclic) bond motifs is 1. The summed E-state index contributed by atoms with van der Waals surface area (Å²) in [5.74, 6) is 1.46. The number of aliphatic hydroxyl groups excluding tert-OH is 1. The molecule has 12 heavy (non-hydrogen) atoms. The molecular weight excluding hydrogens is 154 g/mol. The van der Waals surface area contributed by atoms with E-state index in [4.69, 9.17) is 9.63 Å².